The molecule has 0 aromatic heterocycles. The second-order valence-corrected chi connectivity index (χ2v) is 1.05. The first-order chi connectivity index (χ1) is 3.91. The summed E-state index contributed by atoms with van der Waals surface area (Å²) in [6, 6.07) is 0. The largest absolute Gasteiger partial charge is 0.355 e. The average Bonchev–Trinajstić information content (AvgIpc) is 1.81. The van der Waals surface area contributed by atoms with Crippen LogP contribution in [-0.4, -0.2) is 27.8 Å². The first-order valence-corrected chi connectivity index (χ1v) is 2.14. The summed E-state index contributed by atoms with van der Waals surface area (Å²) in [5, 5.41) is 0. The zero-order valence-electron chi connectivity index (χ0n) is 5.05. The molecule has 8 heavy (non-hydrogen) atoms. The molecule has 0 amide bonds. The fourth-order valence-electron chi connectivity index (χ4n) is 0.164. The third-order valence-corrected chi connectivity index (χ3v) is 0.415. The molecule has 0 aromatic carbocycles. The standard InChI is InChI=1S/C4H10O4/c1-5-3-7-8-4-6-2/h3-4H2,1-2H3. The van der Waals surface area contributed by atoms with Crippen molar-refractivity contribution in [3.63, 3.8) is 0 Å². The van der Waals surface area contributed by atoms with E-state index < -0.39 is 0 Å². The van der Waals surface area contributed by atoms with Gasteiger partial charge in [0.15, 0.2) is 13.6 Å². The first-order valence-electron chi connectivity index (χ1n) is 2.14. The highest BCUT2D eigenvalue weighted by molar-refractivity contribution is 3.86. The van der Waals surface area contributed by atoms with Crippen LogP contribution in [-0.2, 0) is 19.2 Å². The molecule has 0 rings (SSSR count). The van der Waals surface area contributed by atoms with Gasteiger partial charge in [0.25, 0.3) is 0 Å². The van der Waals surface area contributed by atoms with Gasteiger partial charge in [-0.3, -0.25) is 0 Å². The predicted molar refractivity (Wildman–Crippen MR) is 25.9 cm³/mol. The fraction of sp³-hybridized carbons (Fsp3) is 1.00. The second-order valence-electron chi connectivity index (χ2n) is 1.05. The molecule has 0 N–H and O–H groups in total. The lowest BCUT2D eigenvalue weighted by Gasteiger charge is -1.98. The summed E-state index contributed by atoms with van der Waals surface area (Å²) in [7, 11) is 3.02. The minimum absolute atomic E-state index is 0.128. The number of rotatable bonds is 5. The Morgan fingerprint density at radius 3 is 1.50 bits per heavy atom. The van der Waals surface area contributed by atoms with Gasteiger partial charge in [-0.2, -0.15) is 0 Å². The molecule has 4 heteroatoms. The molecule has 0 radical (unpaired) electrons. The number of hydrogen-bond acceptors (Lipinski definition) is 4. The van der Waals surface area contributed by atoms with Crippen molar-refractivity contribution in [3.8, 4) is 0 Å². The summed E-state index contributed by atoms with van der Waals surface area (Å²) < 4.78 is 8.97. The van der Waals surface area contributed by atoms with Crippen molar-refractivity contribution in [2.24, 2.45) is 0 Å². The molecule has 0 unspecified atom stereocenters. The summed E-state index contributed by atoms with van der Waals surface area (Å²) in [5.74, 6) is 0. The molecular formula is C4H10O4. The van der Waals surface area contributed by atoms with Gasteiger partial charge in [-0.05, 0) is 0 Å². The van der Waals surface area contributed by atoms with Crippen LogP contribution in [0, 0.1) is 0 Å². The molecule has 0 aliphatic heterocycles. The van der Waals surface area contributed by atoms with Crippen LogP contribution in [0.1, 0.15) is 0 Å². The Morgan fingerprint density at radius 2 is 1.25 bits per heavy atom. The quantitative estimate of drug-likeness (QED) is 0.225. The molecule has 50 valence electrons. The van der Waals surface area contributed by atoms with Crippen LogP contribution in [0.4, 0.5) is 0 Å². The van der Waals surface area contributed by atoms with E-state index in [1.54, 1.807) is 0 Å². The molecule has 0 aromatic rings. The molecule has 0 fully saturated rings. The lowest BCUT2D eigenvalue weighted by Crippen LogP contribution is -2.00. The highest BCUT2D eigenvalue weighted by Crippen LogP contribution is 1.76. The van der Waals surface area contributed by atoms with E-state index in [1.165, 1.54) is 14.2 Å². The monoisotopic (exact) mass is 122 g/mol. The van der Waals surface area contributed by atoms with Crippen LogP contribution < -0.4 is 0 Å². The van der Waals surface area contributed by atoms with E-state index in [4.69, 9.17) is 0 Å². The van der Waals surface area contributed by atoms with Gasteiger partial charge in [-0.1, -0.05) is 0 Å². The molecule has 0 heterocycles. The summed E-state index contributed by atoms with van der Waals surface area (Å²) in [4.78, 5) is 8.75. The van der Waals surface area contributed by atoms with Crippen molar-refractivity contribution < 1.29 is 19.2 Å². The summed E-state index contributed by atoms with van der Waals surface area (Å²) in [6.07, 6.45) is 0. The highest BCUT2D eigenvalue weighted by Gasteiger charge is 1.81. The molecular weight excluding hydrogens is 112 g/mol. The van der Waals surface area contributed by atoms with Gasteiger partial charge < -0.3 is 9.47 Å². The Labute approximate surface area is 48.2 Å². The molecule has 4 nitrogen and oxygen atoms in total. The summed E-state index contributed by atoms with van der Waals surface area (Å²) >= 11 is 0. The van der Waals surface area contributed by atoms with E-state index >= 15 is 0 Å². The van der Waals surface area contributed by atoms with E-state index in [9.17, 15) is 0 Å². The maximum Gasteiger partial charge on any atom is 0.180 e. The lowest BCUT2D eigenvalue weighted by molar-refractivity contribution is -0.363. The summed E-state index contributed by atoms with van der Waals surface area (Å²) in [6.45, 7) is 0.257. The first kappa shape index (κ1) is 7.84. The van der Waals surface area contributed by atoms with Crippen molar-refractivity contribution >= 4 is 0 Å². The molecule has 0 aliphatic carbocycles. The van der Waals surface area contributed by atoms with Crippen LogP contribution >= 0.6 is 0 Å². The van der Waals surface area contributed by atoms with Gasteiger partial charge in [0.2, 0.25) is 0 Å². The van der Waals surface area contributed by atoms with Crippen LogP contribution in [0.5, 0.6) is 0 Å². The van der Waals surface area contributed by atoms with Crippen molar-refractivity contribution in [1.29, 1.82) is 0 Å². The zero-order chi connectivity index (χ0) is 6.24. The van der Waals surface area contributed by atoms with Gasteiger partial charge >= 0.3 is 0 Å². The van der Waals surface area contributed by atoms with Gasteiger partial charge in [0.05, 0.1) is 0 Å². The lowest BCUT2D eigenvalue weighted by atomic mass is 11.4. The Balaban J connectivity index is 2.53. The molecule has 0 saturated carbocycles. The molecule has 0 bridgehead atoms. The Kier molecular flexibility index (Phi) is 6.70. The van der Waals surface area contributed by atoms with Gasteiger partial charge in [0.1, 0.15) is 0 Å². The molecule has 0 spiro atoms. The SMILES string of the molecule is COCOOCOC. The second kappa shape index (κ2) is 6.84. The highest BCUT2D eigenvalue weighted by atomic mass is 17.2. The Bertz CT molecular complexity index is 33.0. The van der Waals surface area contributed by atoms with Gasteiger partial charge in [0, 0.05) is 14.2 Å². The predicted octanol–water partition coefficient (Wildman–Crippen LogP) is 0.142. The van der Waals surface area contributed by atoms with E-state index in [-0.39, 0.29) is 13.6 Å². The van der Waals surface area contributed by atoms with Crippen LogP contribution in [0.3, 0.4) is 0 Å². The maximum absolute atomic E-state index is 4.49. The number of methoxy groups -OCH3 is 2. The number of hydrogen-bond donors (Lipinski definition) is 0. The minimum atomic E-state index is 0.128. The number of ether oxygens (including phenoxy) is 2. The Hall–Kier alpha value is -0.160. The van der Waals surface area contributed by atoms with E-state index in [1.807, 2.05) is 0 Å². The third kappa shape index (κ3) is 5.84. The molecule has 0 atom stereocenters. The molecule has 0 aliphatic rings. The third-order valence-electron chi connectivity index (χ3n) is 0.415. The fourth-order valence-corrected chi connectivity index (χ4v) is 0.164. The van der Waals surface area contributed by atoms with Crippen molar-refractivity contribution in [3.05, 3.63) is 0 Å². The van der Waals surface area contributed by atoms with Crippen LogP contribution in [0.15, 0.2) is 0 Å². The average molecular weight is 122 g/mol. The minimum Gasteiger partial charge on any atom is -0.355 e. The van der Waals surface area contributed by atoms with Crippen LogP contribution in [0.25, 0.3) is 0 Å². The topological polar surface area (TPSA) is 36.9 Å². The van der Waals surface area contributed by atoms with E-state index in [2.05, 4.69) is 19.2 Å². The molecule has 0 saturated heterocycles. The van der Waals surface area contributed by atoms with E-state index in [0.29, 0.717) is 0 Å². The van der Waals surface area contributed by atoms with Crippen molar-refractivity contribution in [2.75, 3.05) is 27.8 Å². The maximum atomic E-state index is 4.49. The van der Waals surface area contributed by atoms with Gasteiger partial charge in [-0.15, -0.1) is 0 Å². The normalized spacial score (nSPS) is 9.75. The van der Waals surface area contributed by atoms with Crippen molar-refractivity contribution in [2.45, 2.75) is 0 Å². The van der Waals surface area contributed by atoms with Crippen LogP contribution in [0.2, 0.25) is 0 Å². The van der Waals surface area contributed by atoms with Gasteiger partial charge in [-0.25, -0.2) is 9.78 Å². The summed E-state index contributed by atoms with van der Waals surface area (Å²) in [5.41, 5.74) is 0. The van der Waals surface area contributed by atoms with E-state index in [0.717, 1.165) is 0 Å². The Morgan fingerprint density at radius 1 is 0.875 bits per heavy atom. The zero-order valence-corrected chi connectivity index (χ0v) is 5.05. The smallest absolute Gasteiger partial charge is 0.180 e. The van der Waals surface area contributed by atoms with Crippen molar-refractivity contribution in [1.82, 2.24) is 0 Å².